The number of fused-ring (bicyclic) bond motifs is 1. The van der Waals surface area contributed by atoms with Crippen molar-refractivity contribution >= 4 is 28.4 Å². The Morgan fingerprint density at radius 2 is 1.77 bits per heavy atom. The third-order valence-corrected chi connectivity index (χ3v) is 6.02. The molecule has 0 aliphatic rings. The average Bonchev–Trinajstić information content (AvgIpc) is 3.29. The van der Waals surface area contributed by atoms with Gasteiger partial charge in [0, 0.05) is 30.0 Å². The van der Waals surface area contributed by atoms with E-state index in [4.69, 9.17) is 11.6 Å². The topological polar surface area (TPSA) is 102 Å². The summed E-state index contributed by atoms with van der Waals surface area (Å²) in [6, 6.07) is 19.9. The molecule has 5 rings (SSSR count). The molecule has 9 heteroatoms. The standard InChI is InChI=1S/C26H20ClN5O3/c1-31-14-13-28-23(31)22(16-7-10-18(27)11-8-16)30-24(33)17-9-12-20-21(15-17)29-26(35)32(25(20)34)19-5-3-2-4-6-19/h2-15,22H,1H3,(H,29,35)(H,30,33). The van der Waals surface area contributed by atoms with E-state index in [2.05, 4.69) is 15.3 Å². The van der Waals surface area contributed by atoms with Crippen LogP contribution in [0.3, 0.4) is 0 Å². The average molecular weight is 486 g/mol. The van der Waals surface area contributed by atoms with Gasteiger partial charge in [-0.25, -0.2) is 14.3 Å². The number of imidazole rings is 1. The SMILES string of the molecule is Cn1ccnc1C(NC(=O)c1ccc2c(=O)n(-c3ccccc3)c(=O)[nH]c2c1)c1ccc(Cl)cc1. The molecule has 0 aliphatic heterocycles. The Morgan fingerprint density at radius 1 is 1.03 bits per heavy atom. The van der Waals surface area contributed by atoms with Crippen molar-refractivity contribution in [3.63, 3.8) is 0 Å². The van der Waals surface area contributed by atoms with Crippen molar-refractivity contribution in [1.29, 1.82) is 0 Å². The van der Waals surface area contributed by atoms with Crippen LogP contribution in [0.4, 0.5) is 0 Å². The van der Waals surface area contributed by atoms with Gasteiger partial charge >= 0.3 is 5.69 Å². The normalized spacial score (nSPS) is 11.9. The number of rotatable bonds is 5. The molecule has 2 heterocycles. The summed E-state index contributed by atoms with van der Waals surface area (Å²) in [7, 11) is 1.84. The fourth-order valence-electron chi connectivity index (χ4n) is 3.99. The number of halogens is 1. The molecular formula is C26H20ClN5O3. The van der Waals surface area contributed by atoms with Gasteiger partial charge in [-0.15, -0.1) is 0 Å². The zero-order valence-electron chi connectivity index (χ0n) is 18.6. The van der Waals surface area contributed by atoms with Gasteiger partial charge in [0.15, 0.2) is 0 Å². The smallest absolute Gasteiger partial charge is 0.333 e. The quantitative estimate of drug-likeness (QED) is 0.397. The van der Waals surface area contributed by atoms with Crippen molar-refractivity contribution in [2.75, 3.05) is 0 Å². The number of amides is 1. The van der Waals surface area contributed by atoms with E-state index in [1.165, 1.54) is 6.07 Å². The minimum Gasteiger partial charge on any atom is -0.338 e. The fraction of sp³-hybridized carbons (Fsp3) is 0.0769. The van der Waals surface area contributed by atoms with E-state index in [0.717, 1.165) is 10.1 Å². The van der Waals surface area contributed by atoms with Crippen molar-refractivity contribution < 1.29 is 4.79 Å². The second-order valence-corrected chi connectivity index (χ2v) is 8.46. The lowest BCUT2D eigenvalue weighted by atomic mass is 10.0. The number of aromatic amines is 1. The Hall–Kier alpha value is -4.43. The number of carbonyl (C=O) groups is 1. The van der Waals surface area contributed by atoms with Crippen LogP contribution in [0, 0.1) is 0 Å². The summed E-state index contributed by atoms with van der Waals surface area (Å²) >= 11 is 6.04. The van der Waals surface area contributed by atoms with Gasteiger partial charge in [-0.3, -0.25) is 9.59 Å². The summed E-state index contributed by atoms with van der Waals surface area (Å²) in [5.41, 5.74) is 0.783. The molecule has 0 spiro atoms. The van der Waals surface area contributed by atoms with Gasteiger partial charge in [-0.05, 0) is 48.0 Å². The monoisotopic (exact) mass is 485 g/mol. The predicted molar refractivity (Wildman–Crippen MR) is 134 cm³/mol. The van der Waals surface area contributed by atoms with Crippen LogP contribution in [0.5, 0.6) is 0 Å². The van der Waals surface area contributed by atoms with E-state index in [-0.39, 0.29) is 17.0 Å². The molecule has 8 nitrogen and oxygen atoms in total. The lowest BCUT2D eigenvalue weighted by Crippen LogP contribution is -2.34. The number of aryl methyl sites for hydroxylation is 1. The fourth-order valence-corrected chi connectivity index (χ4v) is 4.12. The van der Waals surface area contributed by atoms with Crippen molar-refractivity contribution in [3.8, 4) is 5.69 Å². The first-order valence-corrected chi connectivity index (χ1v) is 11.2. The van der Waals surface area contributed by atoms with Crippen molar-refractivity contribution in [2.24, 2.45) is 7.05 Å². The van der Waals surface area contributed by atoms with Crippen LogP contribution in [-0.4, -0.2) is 25.0 Å². The number of aromatic nitrogens is 4. The first-order chi connectivity index (χ1) is 16.9. The van der Waals surface area contributed by atoms with E-state index in [0.29, 0.717) is 21.9 Å². The molecule has 1 amide bonds. The molecule has 0 aliphatic carbocycles. The molecule has 0 bridgehead atoms. The second kappa shape index (κ2) is 9.08. The van der Waals surface area contributed by atoms with Crippen molar-refractivity contribution in [2.45, 2.75) is 6.04 Å². The van der Waals surface area contributed by atoms with Crippen LogP contribution in [0.25, 0.3) is 16.6 Å². The Balaban J connectivity index is 1.52. The van der Waals surface area contributed by atoms with E-state index in [1.54, 1.807) is 67.0 Å². The maximum atomic E-state index is 13.3. The molecule has 2 aromatic heterocycles. The van der Waals surface area contributed by atoms with Crippen LogP contribution in [-0.2, 0) is 7.05 Å². The molecule has 3 aromatic carbocycles. The van der Waals surface area contributed by atoms with Crippen LogP contribution >= 0.6 is 11.6 Å². The molecule has 1 unspecified atom stereocenters. The third-order valence-electron chi connectivity index (χ3n) is 5.77. The molecule has 0 saturated heterocycles. The summed E-state index contributed by atoms with van der Waals surface area (Å²) in [6.45, 7) is 0. The van der Waals surface area contributed by atoms with Gasteiger partial charge in [-0.2, -0.15) is 0 Å². The molecule has 0 radical (unpaired) electrons. The highest BCUT2D eigenvalue weighted by Gasteiger charge is 2.22. The van der Waals surface area contributed by atoms with Crippen molar-refractivity contribution in [3.05, 3.63) is 128 Å². The lowest BCUT2D eigenvalue weighted by Gasteiger charge is -2.19. The van der Waals surface area contributed by atoms with E-state index in [9.17, 15) is 14.4 Å². The van der Waals surface area contributed by atoms with Gasteiger partial charge in [0.05, 0.1) is 16.6 Å². The zero-order valence-corrected chi connectivity index (χ0v) is 19.4. The van der Waals surface area contributed by atoms with E-state index in [1.807, 2.05) is 23.7 Å². The van der Waals surface area contributed by atoms with Gasteiger partial charge in [0.1, 0.15) is 11.9 Å². The highest BCUT2D eigenvalue weighted by atomic mass is 35.5. The second-order valence-electron chi connectivity index (χ2n) is 8.02. The van der Waals surface area contributed by atoms with Crippen LogP contribution in [0.15, 0.2) is 94.8 Å². The first kappa shape index (κ1) is 22.4. The summed E-state index contributed by atoms with van der Waals surface area (Å²) in [5, 5.41) is 3.88. The summed E-state index contributed by atoms with van der Waals surface area (Å²) in [4.78, 5) is 46.1. The highest BCUT2D eigenvalue weighted by Crippen LogP contribution is 2.23. The number of benzene rings is 3. The summed E-state index contributed by atoms with van der Waals surface area (Å²) < 4.78 is 2.89. The molecule has 5 aromatic rings. The first-order valence-electron chi connectivity index (χ1n) is 10.8. The number of hydrogen-bond acceptors (Lipinski definition) is 4. The minimum atomic E-state index is -0.585. The lowest BCUT2D eigenvalue weighted by molar-refractivity contribution is 0.0941. The Labute approximate surface area is 204 Å². The molecule has 0 fully saturated rings. The minimum absolute atomic E-state index is 0.278. The Bertz CT molecular complexity index is 1650. The Kier molecular flexibility index (Phi) is 5.80. The number of nitrogens with one attached hydrogen (secondary N) is 2. The number of carbonyl (C=O) groups excluding carboxylic acids is 1. The molecule has 1 atom stereocenters. The van der Waals surface area contributed by atoms with Gasteiger partial charge < -0.3 is 14.9 Å². The largest absolute Gasteiger partial charge is 0.338 e. The molecule has 35 heavy (non-hydrogen) atoms. The van der Waals surface area contributed by atoms with Crippen molar-refractivity contribution in [1.82, 2.24) is 24.4 Å². The van der Waals surface area contributed by atoms with Gasteiger partial charge in [0.25, 0.3) is 11.5 Å². The third kappa shape index (κ3) is 4.27. The number of nitrogens with zero attached hydrogens (tertiary/aromatic N) is 3. The van der Waals surface area contributed by atoms with Gasteiger partial charge in [0.2, 0.25) is 0 Å². The molecular weight excluding hydrogens is 466 g/mol. The highest BCUT2D eigenvalue weighted by molar-refractivity contribution is 6.30. The summed E-state index contributed by atoms with van der Waals surface area (Å²) in [5.74, 6) is 0.253. The number of H-pyrrole nitrogens is 1. The predicted octanol–water partition coefficient (Wildman–Crippen LogP) is 3.59. The number of hydrogen-bond donors (Lipinski definition) is 2. The van der Waals surface area contributed by atoms with E-state index >= 15 is 0 Å². The molecule has 0 saturated carbocycles. The summed E-state index contributed by atoms with van der Waals surface area (Å²) in [6.07, 6.45) is 3.45. The number of para-hydroxylation sites is 1. The molecule has 2 N–H and O–H groups in total. The van der Waals surface area contributed by atoms with Gasteiger partial charge in [-0.1, -0.05) is 41.9 Å². The maximum absolute atomic E-state index is 13.3. The van der Waals surface area contributed by atoms with Crippen LogP contribution in [0.2, 0.25) is 5.02 Å². The van der Waals surface area contributed by atoms with Crippen LogP contribution in [0.1, 0.15) is 27.8 Å². The van der Waals surface area contributed by atoms with Crippen LogP contribution < -0.4 is 16.6 Å². The van der Waals surface area contributed by atoms with E-state index < -0.39 is 17.3 Å². The Morgan fingerprint density at radius 3 is 2.46 bits per heavy atom. The zero-order chi connectivity index (χ0) is 24.5. The molecule has 174 valence electrons. The maximum Gasteiger partial charge on any atom is 0.333 e.